The summed E-state index contributed by atoms with van der Waals surface area (Å²) in [5, 5.41) is 0. The number of rotatable bonds is 5. The Morgan fingerprint density at radius 2 is 1.88 bits per heavy atom. The zero-order chi connectivity index (χ0) is 16.9. The second-order valence-corrected chi connectivity index (χ2v) is 7.39. The molecule has 2 aromatic carbocycles. The number of nitrogens with zero attached hydrogens (tertiary/aromatic N) is 1. The fourth-order valence-electron chi connectivity index (χ4n) is 2.88. The molecule has 0 bridgehead atoms. The highest BCUT2D eigenvalue weighted by Gasteiger charge is 2.26. The first-order chi connectivity index (χ1) is 11.6. The van der Waals surface area contributed by atoms with E-state index in [2.05, 4.69) is 17.0 Å². The molecule has 1 fully saturated rings. The lowest BCUT2D eigenvalue weighted by molar-refractivity contribution is 0.0320. The summed E-state index contributed by atoms with van der Waals surface area (Å²) < 4.78 is 17.0. The normalized spacial score (nSPS) is 19.1. The van der Waals surface area contributed by atoms with E-state index in [1.165, 1.54) is 5.56 Å². The van der Waals surface area contributed by atoms with E-state index in [0.717, 1.165) is 26.1 Å². The van der Waals surface area contributed by atoms with Gasteiger partial charge in [-0.25, -0.2) is 4.79 Å². The zero-order valence-corrected chi connectivity index (χ0v) is 14.5. The van der Waals surface area contributed by atoms with Gasteiger partial charge >= 0.3 is 5.97 Å². The Hall–Kier alpha value is -1.98. The molecule has 1 saturated heterocycles. The first-order valence-corrected chi connectivity index (χ1v) is 9.58. The molecule has 0 spiro atoms. The SMILES string of the molecule is C[S@](=O)c1ccc(C(=O)O[C@@H]2CCN(Cc3ccccc3)C2)cc1. The fourth-order valence-corrected chi connectivity index (χ4v) is 3.40. The molecule has 0 unspecified atom stereocenters. The van der Waals surface area contributed by atoms with E-state index in [4.69, 9.17) is 4.74 Å². The standard InChI is InChI=1S/C19H21NO3S/c1-24(22)18-9-7-16(8-10-18)19(21)23-17-11-12-20(14-17)13-15-5-3-2-4-6-15/h2-10,17H,11-14H2,1H3/t17-,24+/m1/s1. The third kappa shape index (κ3) is 4.30. The molecule has 1 heterocycles. The van der Waals surface area contributed by atoms with E-state index >= 15 is 0 Å². The Morgan fingerprint density at radius 1 is 1.17 bits per heavy atom. The molecule has 2 aromatic rings. The van der Waals surface area contributed by atoms with Crippen molar-refractivity contribution >= 4 is 16.8 Å². The lowest BCUT2D eigenvalue weighted by Gasteiger charge is -2.16. The summed E-state index contributed by atoms with van der Waals surface area (Å²) in [6.45, 7) is 2.57. The maximum absolute atomic E-state index is 12.2. The van der Waals surface area contributed by atoms with Crippen molar-refractivity contribution < 1.29 is 13.7 Å². The molecule has 0 N–H and O–H groups in total. The number of ether oxygens (including phenoxy) is 1. The van der Waals surface area contributed by atoms with Gasteiger partial charge in [0.05, 0.1) is 5.56 Å². The molecule has 24 heavy (non-hydrogen) atoms. The highest BCUT2D eigenvalue weighted by Crippen LogP contribution is 2.18. The zero-order valence-electron chi connectivity index (χ0n) is 13.7. The van der Waals surface area contributed by atoms with Crippen LogP contribution in [-0.4, -0.2) is 40.5 Å². The highest BCUT2D eigenvalue weighted by atomic mass is 32.2. The summed E-state index contributed by atoms with van der Waals surface area (Å²) in [4.78, 5) is 15.2. The van der Waals surface area contributed by atoms with Crippen molar-refractivity contribution in [1.82, 2.24) is 4.90 Å². The molecule has 2 atom stereocenters. The van der Waals surface area contributed by atoms with Gasteiger partial charge in [0.2, 0.25) is 0 Å². The van der Waals surface area contributed by atoms with E-state index < -0.39 is 10.8 Å². The number of carbonyl (C=O) groups is 1. The molecule has 0 aromatic heterocycles. The van der Waals surface area contributed by atoms with Crippen LogP contribution >= 0.6 is 0 Å². The second kappa shape index (κ2) is 7.73. The van der Waals surface area contributed by atoms with E-state index in [1.807, 2.05) is 18.2 Å². The van der Waals surface area contributed by atoms with Crippen LogP contribution in [0.3, 0.4) is 0 Å². The van der Waals surface area contributed by atoms with E-state index in [0.29, 0.717) is 10.5 Å². The number of hydrogen-bond acceptors (Lipinski definition) is 4. The summed E-state index contributed by atoms with van der Waals surface area (Å²) in [6, 6.07) is 17.1. The predicted octanol–water partition coefficient (Wildman–Crippen LogP) is 2.86. The summed E-state index contributed by atoms with van der Waals surface area (Å²) in [7, 11) is -1.04. The molecule has 5 heteroatoms. The molecular weight excluding hydrogens is 322 g/mol. The van der Waals surface area contributed by atoms with Crippen molar-refractivity contribution in [3.05, 3.63) is 65.7 Å². The maximum Gasteiger partial charge on any atom is 0.338 e. The van der Waals surface area contributed by atoms with Gasteiger partial charge in [-0.3, -0.25) is 9.11 Å². The van der Waals surface area contributed by atoms with Gasteiger partial charge in [-0.2, -0.15) is 0 Å². The van der Waals surface area contributed by atoms with Crippen LogP contribution in [0, 0.1) is 0 Å². The van der Waals surface area contributed by atoms with Crippen LogP contribution in [0.15, 0.2) is 59.5 Å². The van der Waals surface area contributed by atoms with Gasteiger partial charge in [-0.1, -0.05) is 30.3 Å². The summed E-state index contributed by atoms with van der Waals surface area (Å²) in [6.07, 6.45) is 2.41. The van der Waals surface area contributed by atoms with E-state index in [1.54, 1.807) is 30.5 Å². The summed E-state index contributed by atoms with van der Waals surface area (Å²) in [5.74, 6) is -0.310. The lowest BCUT2D eigenvalue weighted by Crippen LogP contribution is -2.24. The van der Waals surface area contributed by atoms with Gasteiger partial charge in [-0.05, 0) is 36.2 Å². The quantitative estimate of drug-likeness (QED) is 0.783. The Bertz CT molecular complexity index is 715. The molecule has 0 radical (unpaired) electrons. The van der Waals surface area contributed by atoms with Gasteiger partial charge in [0, 0.05) is 41.6 Å². The van der Waals surface area contributed by atoms with E-state index in [9.17, 15) is 9.00 Å². The number of benzene rings is 2. The molecule has 3 rings (SSSR count). The Morgan fingerprint density at radius 3 is 2.54 bits per heavy atom. The number of likely N-dealkylation sites (tertiary alicyclic amines) is 1. The Balaban J connectivity index is 1.53. The third-order valence-corrected chi connectivity index (χ3v) is 5.11. The van der Waals surface area contributed by atoms with Crippen molar-refractivity contribution in [2.75, 3.05) is 19.3 Å². The van der Waals surface area contributed by atoms with Crippen molar-refractivity contribution in [1.29, 1.82) is 0 Å². The minimum atomic E-state index is -1.04. The number of hydrogen-bond donors (Lipinski definition) is 0. The van der Waals surface area contributed by atoms with Crippen LogP contribution in [0.2, 0.25) is 0 Å². The maximum atomic E-state index is 12.2. The minimum Gasteiger partial charge on any atom is -0.457 e. The van der Waals surface area contributed by atoms with Crippen LogP contribution in [0.25, 0.3) is 0 Å². The topological polar surface area (TPSA) is 46.6 Å². The second-order valence-electron chi connectivity index (χ2n) is 6.02. The van der Waals surface area contributed by atoms with Gasteiger partial charge in [0.25, 0.3) is 0 Å². The van der Waals surface area contributed by atoms with Crippen LogP contribution in [-0.2, 0) is 22.1 Å². The monoisotopic (exact) mass is 343 g/mol. The van der Waals surface area contributed by atoms with Crippen molar-refractivity contribution in [2.45, 2.75) is 24.0 Å². The molecular formula is C19H21NO3S. The third-order valence-electron chi connectivity index (χ3n) is 4.17. The number of carbonyl (C=O) groups excluding carboxylic acids is 1. The fraction of sp³-hybridized carbons (Fsp3) is 0.316. The van der Waals surface area contributed by atoms with Gasteiger partial charge in [0.1, 0.15) is 6.10 Å². The van der Waals surface area contributed by atoms with Crippen molar-refractivity contribution in [3.8, 4) is 0 Å². The average Bonchev–Trinajstić information content (AvgIpc) is 3.02. The largest absolute Gasteiger partial charge is 0.457 e. The molecule has 1 aliphatic heterocycles. The van der Waals surface area contributed by atoms with Crippen LogP contribution in [0.5, 0.6) is 0 Å². The van der Waals surface area contributed by atoms with Crippen LogP contribution in [0.1, 0.15) is 22.3 Å². The first-order valence-electron chi connectivity index (χ1n) is 8.02. The van der Waals surface area contributed by atoms with Gasteiger partial charge in [0.15, 0.2) is 0 Å². The Kier molecular flexibility index (Phi) is 5.43. The van der Waals surface area contributed by atoms with Gasteiger partial charge in [-0.15, -0.1) is 0 Å². The molecule has 1 aliphatic rings. The molecule has 4 nitrogen and oxygen atoms in total. The van der Waals surface area contributed by atoms with Crippen LogP contribution in [0.4, 0.5) is 0 Å². The predicted molar refractivity (Wildman–Crippen MR) is 94.3 cm³/mol. The molecule has 0 saturated carbocycles. The summed E-state index contributed by atoms with van der Waals surface area (Å²) >= 11 is 0. The average molecular weight is 343 g/mol. The van der Waals surface area contributed by atoms with Crippen molar-refractivity contribution in [2.24, 2.45) is 0 Å². The smallest absolute Gasteiger partial charge is 0.338 e. The molecule has 0 aliphatic carbocycles. The highest BCUT2D eigenvalue weighted by molar-refractivity contribution is 7.84. The Labute approximate surface area is 144 Å². The van der Waals surface area contributed by atoms with Crippen LogP contribution < -0.4 is 0 Å². The van der Waals surface area contributed by atoms with Gasteiger partial charge < -0.3 is 4.74 Å². The number of esters is 1. The summed E-state index contributed by atoms with van der Waals surface area (Å²) in [5.41, 5.74) is 1.78. The lowest BCUT2D eigenvalue weighted by atomic mass is 10.2. The molecule has 0 amide bonds. The minimum absolute atomic E-state index is 0.0683. The molecule has 126 valence electrons. The first kappa shape index (κ1) is 16.9. The van der Waals surface area contributed by atoms with Crippen molar-refractivity contribution in [3.63, 3.8) is 0 Å². The van der Waals surface area contributed by atoms with E-state index in [-0.39, 0.29) is 12.1 Å².